The van der Waals surface area contributed by atoms with Gasteiger partial charge in [0, 0.05) is 24.7 Å². The summed E-state index contributed by atoms with van der Waals surface area (Å²) in [5.41, 5.74) is 6.35. The number of fused-ring (bicyclic) bond motifs is 1. The summed E-state index contributed by atoms with van der Waals surface area (Å²) in [6.07, 6.45) is -1.56. The largest absolute Gasteiger partial charge is 0.511 e. The lowest BCUT2D eigenvalue weighted by atomic mass is 9.99. The van der Waals surface area contributed by atoms with Crippen molar-refractivity contribution >= 4 is 57.9 Å². The van der Waals surface area contributed by atoms with Gasteiger partial charge in [-0.2, -0.15) is 0 Å². The standard InChI is InChI=1S/C23H29N5O9S2/c1-10(2)35-23(32)37-11(3)36-21(31)17-12(14-6-5-7-34-14)8-38-20-16(19(30)28(17)20)26-18(29)15(27-33-4)13-9-39-22(24)25-13/h9-11,14,16,20H,5-8H2,1-4H3,(H2,24,25)(H,26,29)/b27-15+/t11?,14-,16+,20+/m0/s1. The van der Waals surface area contributed by atoms with Gasteiger partial charge in [-0.3, -0.25) is 14.5 Å². The van der Waals surface area contributed by atoms with E-state index in [9.17, 15) is 19.2 Å². The number of oxime groups is 1. The second kappa shape index (κ2) is 12.2. The van der Waals surface area contributed by atoms with E-state index in [1.807, 2.05) is 0 Å². The fourth-order valence-corrected chi connectivity index (χ4v) is 6.18. The number of rotatable bonds is 9. The number of amides is 2. The summed E-state index contributed by atoms with van der Waals surface area (Å²) >= 11 is 2.50. The molecule has 0 saturated carbocycles. The number of hydrogen-bond donors (Lipinski definition) is 2. The van der Waals surface area contributed by atoms with Crippen LogP contribution in [0.25, 0.3) is 0 Å². The lowest BCUT2D eigenvalue weighted by molar-refractivity contribution is -0.169. The van der Waals surface area contributed by atoms with Gasteiger partial charge in [-0.25, -0.2) is 14.6 Å². The first-order valence-electron chi connectivity index (χ1n) is 12.1. The molecular formula is C23H29N5O9S2. The van der Waals surface area contributed by atoms with Crippen LogP contribution < -0.4 is 11.1 Å². The van der Waals surface area contributed by atoms with Crippen LogP contribution in [0.4, 0.5) is 9.93 Å². The summed E-state index contributed by atoms with van der Waals surface area (Å²) in [5, 5.41) is 7.58. The zero-order valence-corrected chi connectivity index (χ0v) is 23.3. The van der Waals surface area contributed by atoms with Gasteiger partial charge in [0.2, 0.25) is 6.29 Å². The first-order valence-corrected chi connectivity index (χ1v) is 14.0. The number of ether oxygens (including phenoxy) is 4. The SMILES string of the molecule is CO/N=C(/C(=O)N[C@@H]1C(=O)N2C(C(=O)OC(C)OC(=O)OC(C)C)=C([C@@H]3CCCO3)CS[C@H]12)c1csc(N)n1. The van der Waals surface area contributed by atoms with Gasteiger partial charge in [0.15, 0.2) is 10.8 Å². The maximum absolute atomic E-state index is 13.3. The second-order valence-electron chi connectivity index (χ2n) is 8.94. The van der Waals surface area contributed by atoms with E-state index in [0.717, 1.165) is 17.8 Å². The molecule has 4 heterocycles. The molecule has 4 atom stereocenters. The van der Waals surface area contributed by atoms with E-state index in [4.69, 9.17) is 29.5 Å². The summed E-state index contributed by atoms with van der Waals surface area (Å²) in [4.78, 5) is 61.6. The number of nitrogen functional groups attached to an aromatic ring is 1. The molecule has 0 bridgehead atoms. The fraction of sp³-hybridized carbons (Fsp3) is 0.565. The molecule has 1 unspecified atom stereocenters. The van der Waals surface area contributed by atoms with Crippen molar-refractivity contribution in [3.8, 4) is 0 Å². The van der Waals surface area contributed by atoms with Crippen molar-refractivity contribution in [2.75, 3.05) is 25.2 Å². The van der Waals surface area contributed by atoms with Crippen molar-refractivity contribution in [3.63, 3.8) is 0 Å². The minimum absolute atomic E-state index is 0.0203. The number of hydrogen-bond acceptors (Lipinski definition) is 14. The van der Waals surface area contributed by atoms with Crippen molar-refractivity contribution < 1.29 is 43.0 Å². The lowest BCUT2D eigenvalue weighted by Crippen LogP contribution is -2.71. The number of thioether (sulfide) groups is 1. The fourth-order valence-electron chi connectivity index (χ4n) is 4.22. The molecule has 39 heavy (non-hydrogen) atoms. The number of esters is 1. The Bertz CT molecular complexity index is 1190. The minimum atomic E-state index is -1.28. The van der Waals surface area contributed by atoms with Gasteiger partial charge in [0.25, 0.3) is 11.8 Å². The molecule has 0 radical (unpaired) electrons. The third-order valence-corrected chi connectivity index (χ3v) is 7.80. The van der Waals surface area contributed by atoms with E-state index in [1.54, 1.807) is 19.2 Å². The molecule has 3 aliphatic rings. The molecule has 1 aromatic heterocycles. The maximum Gasteiger partial charge on any atom is 0.511 e. The van der Waals surface area contributed by atoms with Gasteiger partial charge in [-0.05, 0) is 32.3 Å². The monoisotopic (exact) mass is 583 g/mol. The zero-order chi connectivity index (χ0) is 28.3. The van der Waals surface area contributed by atoms with Crippen molar-refractivity contribution in [2.24, 2.45) is 5.16 Å². The minimum Gasteiger partial charge on any atom is -0.431 e. The third-order valence-electron chi connectivity index (χ3n) is 5.83. The number of nitrogens with zero attached hydrogens (tertiary/aromatic N) is 3. The Morgan fingerprint density at radius 3 is 2.64 bits per heavy atom. The average Bonchev–Trinajstić information content (AvgIpc) is 3.56. The number of nitrogens with one attached hydrogen (secondary N) is 1. The van der Waals surface area contributed by atoms with Crippen LogP contribution in [0.3, 0.4) is 0 Å². The molecule has 0 aromatic carbocycles. The number of anilines is 1. The van der Waals surface area contributed by atoms with Crippen LogP contribution in [-0.2, 0) is 38.2 Å². The number of carbonyl (C=O) groups excluding carboxylic acids is 4. The van der Waals surface area contributed by atoms with Gasteiger partial charge in [0.05, 0.1) is 12.2 Å². The molecule has 4 rings (SSSR count). The summed E-state index contributed by atoms with van der Waals surface area (Å²) in [5.74, 6) is -1.70. The molecule has 2 fully saturated rings. The van der Waals surface area contributed by atoms with E-state index in [-0.39, 0.29) is 28.3 Å². The number of carbonyl (C=O) groups is 4. The molecule has 1 aromatic rings. The van der Waals surface area contributed by atoms with Crippen LogP contribution in [0, 0.1) is 0 Å². The Kier molecular flexibility index (Phi) is 8.97. The van der Waals surface area contributed by atoms with Gasteiger partial charge in [0.1, 0.15) is 29.9 Å². The predicted octanol–water partition coefficient (Wildman–Crippen LogP) is 1.36. The topological polar surface area (TPSA) is 181 Å². The van der Waals surface area contributed by atoms with Crippen LogP contribution in [0.1, 0.15) is 39.3 Å². The second-order valence-corrected chi connectivity index (χ2v) is 10.9. The van der Waals surface area contributed by atoms with Crippen molar-refractivity contribution in [3.05, 3.63) is 22.3 Å². The van der Waals surface area contributed by atoms with Crippen LogP contribution in [0.5, 0.6) is 0 Å². The zero-order valence-electron chi connectivity index (χ0n) is 21.7. The summed E-state index contributed by atoms with van der Waals surface area (Å²) in [6, 6.07) is -0.955. The number of β-lactam (4-membered cyclic amide) rings is 1. The molecule has 212 valence electrons. The Balaban J connectivity index is 1.51. The van der Waals surface area contributed by atoms with E-state index >= 15 is 0 Å². The van der Waals surface area contributed by atoms with E-state index in [2.05, 4.69) is 15.5 Å². The van der Waals surface area contributed by atoms with Crippen LogP contribution in [0.15, 0.2) is 21.8 Å². The molecular weight excluding hydrogens is 554 g/mol. The molecule has 0 spiro atoms. The normalized spacial score (nSPS) is 23.6. The lowest BCUT2D eigenvalue weighted by Gasteiger charge is -2.50. The summed E-state index contributed by atoms with van der Waals surface area (Å²) < 4.78 is 21.1. The Hall–Kier alpha value is -3.37. The highest BCUT2D eigenvalue weighted by Gasteiger charge is 2.55. The van der Waals surface area contributed by atoms with E-state index < -0.39 is 47.7 Å². The molecule has 14 nitrogen and oxygen atoms in total. The maximum atomic E-state index is 13.3. The van der Waals surface area contributed by atoms with Crippen LogP contribution in [0.2, 0.25) is 0 Å². The molecule has 3 N–H and O–H groups in total. The Labute approximate surface area is 232 Å². The highest BCUT2D eigenvalue weighted by Crippen LogP contribution is 2.43. The van der Waals surface area contributed by atoms with Gasteiger partial charge in [-0.15, -0.1) is 23.1 Å². The Morgan fingerprint density at radius 1 is 1.26 bits per heavy atom. The highest BCUT2D eigenvalue weighted by atomic mass is 32.2. The predicted molar refractivity (Wildman–Crippen MR) is 139 cm³/mol. The third kappa shape index (κ3) is 6.28. The molecule has 0 aliphatic carbocycles. The molecule has 3 aliphatic heterocycles. The highest BCUT2D eigenvalue weighted by molar-refractivity contribution is 8.00. The molecule has 2 amide bonds. The van der Waals surface area contributed by atoms with Crippen molar-refractivity contribution in [1.29, 1.82) is 0 Å². The van der Waals surface area contributed by atoms with Gasteiger partial charge >= 0.3 is 12.1 Å². The summed E-state index contributed by atoms with van der Waals surface area (Å²) in [7, 11) is 1.28. The number of nitrogens with two attached hydrogens (primary N) is 1. The molecule has 2 saturated heterocycles. The number of aromatic nitrogens is 1. The molecule has 16 heteroatoms. The smallest absolute Gasteiger partial charge is 0.431 e. The van der Waals surface area contributed by atoms with Gasteiger partial charge in [-0.1, -0.05) is 5.16 Å². The van der Waals surface area contributed by atoms with Crippen molar-refractivity contribution in [2.45, 2.75) is 63.5 Å². The number of thiazole rings is 1. The summed E-state index contributed by atoms with van der Waals surface area (Å²) in [6.45, 7) is 5.19. The first-order chi connectivity index (χ1) is 18.6. The average molecular weight is 584 g/mol. The first kappa shape index (κ1) is 28.6. The van der Waals surface area contributed by atoms with Gasteiger partial charge < -0.3 is 34.8 Å². The van der Waals surface area contributed by atoms with Crippen molar-refractivity contribution in [1.82, 2.24) is 15.2 Å². The van der Waals surface area contributed by atoms with Crippen LogP contribution >= 0.6 is 23.1 Å². The van der Waals surface area contributed by atoms with E-state index in [1.165, 1.54) is 30.7 Å². The van der Waals surface area contributed by atoms with Crippen LogP contribution in [-0.4, -0.2) is 88.9 Å². The van der Waals surface area contributed by atoms with E-state index in [0.29, 0.717) is 24.4 Å². The quantitative estimate of drug-likeness (QED) is 0.140. The Morgan fingerprint density at radius 2 is 2.03 bits per heavy atom.